The maximum atomic E-state index is 5.99. The van der Waals surface area contributed by atoms with Gasteiger partial charge in [0.2, 0.25) is 0 Å². The van der Waals surface area contributed by atoms with Crippen molar-refractivity contribution in [3.8, 4) is 0 Å². The largest absolute Gasteiger partial charge is 0.381 e. The second-order valence-corrected chi connectivity index (χ2v) is 6.73. The molecule has 0 bridgehead atoms. The predicted molar refractivity (Wildman–Crippen MR) is 75.1 cm³/mol. The third-order valence-electron chi connectivity index (χ3n) is 5.15. The molecule has 19 heavy (non-hydrogen) atoms. The van der Waals surface area contributed by atoms with E-state index in [2.05, 4.69) is 4.90 Å². The quantitative estimate of drug-likeness (QED) is 0.837. The summed E-state index contributed by atoms with van der Waals surface area (Å²) in [7, 11) is 0. The lowest BCUT2D eigenvalue weighted by Crippen LogP contribution is -2.59. The fourth-order valence-corrected chi connectivity index (χ4v) is 3.78. The Bertz CT molecular complexity index is 276. The minimum Gasteiger partial charge on any atom is -0.381 e. The van der Waals surface area contributed by atoms with Gasteiger partial charge in [-0.15, -0.1) is 0 Å². The van der Waals surface area contributed by atoms with Crippen LogP contribution in [0.2, 0.25) is 0 Å². The average molecular weight is 268 g/mol. The Morgan fingerprint density at radius 3 is 2.47 bits per heavy atom. The van der Waals surface area contributed by atoms with Crippen LogP contribution in [0.4, 0.5) is 0 Å². The van der Waals surface area contributed by atoms with E-state index in [-0.39, 0.29) is 0 Å². The molecule has 0 aromatic rings. The molecule has 0 aromatic heterocycles. The van der Waals surface area contributed by atoms with Crippen molar-refractivity contribution >= 4 is 0 Å². The van der Waals surface area contributed by atoms with Crippen LogP contribution in [0.5, 0.6) is 0 Å². The number of likely N-dealkylation sites (tertiary alicyclic amines) is 1. The number of nitrogens with two attached hydrogens (primary N) is 1. The molecule has 3 fully saturated rings. The zero-order chi connectivity index (χ0) is 13.1. The van der Waals surface area contributed by atoms with Crippen molar-refractivity contribution in [2.24, 2.45) is 11.1 Å². The minimum atomic E-state index is 0.420. The van der Waals surface area contributed by atoms with Gasteiger partial charge in [0.15, 0.2) is 0 Å². The van der Waals surface area contributed by atoms with Gasteiger partial charge in [-0.2, -0.15) is 0 Å². The van der Waals surface area contributed by atoms with Gasteiger partial charge in [0.1, 0.15) is 0 Å². The zero-order valence-corrected chi connectivity index (χ0v) is 12.0. The molecule has 2 aliphatic heterocycles. The lowest BCUT2D eigenvalue weighted by Gasteiger charge is -2.52. The van der Waals surface area contributed by atoms with E-state index in [0.29, 0.717) is 17.6 Å². The van der Waals surface area contributed by atoms with E-state index < -0.39 is 0 Å². The monoisotopic (exact) mass is 268 g/mol. The number of ether oxygens (including phenoxy) is 2. The van der Waals surface area contributed by atoms with Crippen LogP contribution in [-0.2, 0) is 9.47 Å². The SMILES string of the molecule is NC1CCC(OCCN2CC3(CCOCC3)C2)CC1. The number of nitrogens with zero attached hydrogens (tertiary/aromatic N) is 1. The van der Waals surface area contributed by atoms with Crippen LogP contribution < -0.4 is 5.73 Å². The predicted octanol–water partition coefficient (Wildman–Crippen LogP) is 1.39. The lowest BCUT2D eigenvalue weighted by atomic mass is 9.73. The van der Waals surface area contributed by atoms with Gasteiger partial charge in [-0.1, -0.05) is 0 Å². The molecule has 0 amide bonds. The molecule has 0 atom stereocenters. The molecule has 2 heterocycles. The normalized spacial score (nSPS) is 35.2. The third-order valence-corrected chi connectivity index (χ3v) is 5.15. The van der Waals surface area contributed by atoms with E-state index in [1.807, 2.05) is 0 Å². The maximum Gasteiger partial charge on any atom is 0.0597 e. The van der Waals surface area contributed by atoms with Gasteiger partial charge in [0, 0.05) is 44.3 Å². The van der Waals surface area contributed by atoms with Crippen molar-refractivity contribution in [2.45, 2.75) is 50.7 Å². The molecule has 110 valence electrons. The first-order chi connectivity index (χ1) is 9.26. The van der Waals surface area contributed by atoms with Gasteiger partial charge in [0.25, 0.3) is 0 Å². The van der Waals surface area contributed by atoms with Gasteiger partial charge >= 0.3 is 0 Å². The van der Waals surface area contributed by atoms with Crippen molar-refractivity contribution in [1.82, 2.24) is 4.90 Å². The van der Waals surface area contributed by atoms with Gasteiger partial charge in [-0.25, -0.2) is 0 Å². The summed E-state index contributed by atoms with van der Waals surface area (Å²) in [6.07, 6.45) is 7.56. The Hall–Kier alpha value is -0.160. The number of hydrogen-bond acceptors (Lipinski definition) is 4. The molecule has 4 nitrogen and oxygen atoms in total. The van der Waals surface area contributed by atoms with Crippen molar-refractivity contribution in [3.05, 3.63) is 0 Å². The highest BCUT2D eigenvalue weighted by Crippen LogP contribution is 2.39. The highest BCUT2D eigenvalue weighted by atomic mass is 16.5. The number of hydrogen-bond donors (Lipinski definition) is 1. The van der Waals surface area contributed by atoms with Crippen LogP contribution in [0, 0.1) is 5.41 Å². The van der Waals surface area contributed by atoms with E-state index in [0.717, 1.165) is 52.0 Å². The second kappa shape index (κ2) is 6.08. The molecule has 0 unspecified atom stereocenters. The van der Waals surface area contributed by atoms with E-state index in [1.165, 1.54) is 25.9 Å². The molecule has 3 rings (SSSR count). The van der Waals surface area contributed by atoms with Crippen LogP contribution in [0.15, 0.2) is 0 Å². The first-order valence-electron chi connectivity index (χ1n) is 7.93. The van der Waals surface area contributed by atoms with E-state index >= 15 is 0 Å². The molecule has 2 N–H and O–H groups in total. The Morgan fingerprint density at radius 2 is 1.79 bits per heavy atom. The first kappa shape index (κ1) is 13.8. The zero-order valence-electron chi connectivity index (χ0n) is 12.0. The molecular formula is C15H28N2O2. The molecule has 1 saturated carbocycles. The molecule has 3 aliphatic rings. The number of rotatable bonds is 4. The molecule has 4 heteroatoms. The summed E-state index contributed by atoms with van der Waals surface area (Å²) in [5.74, 6) is 0. The summed E-state index contributed by atoms with van der Waals surface area (Å²) in [6, 6.07) is 0.420. The summed E-state index contributed by atoms with van der Waals surface area (Å²) in [5.41, 5.74) is 6.50. The van der Waals surface area contributed by atoms with Crippen LogP contribution >= 0.6 is 0 Å². The van der Waals surface area contributed by atoms with Crippen molar-refractivity contribution in [1.29, 1.82) is 0 Å². The Morgan fingerprint density at radius 1 is 1.11 bits per heavy atom. The highest BCUT2D eigenvalue weighted by molar-refractivity contribution is 4.95. The van der Waals surface area contributed by atoms with E-state index in [4.69, 9.17) is 15.2 Å². The lowest BCUT2D eigenvalue weighted by molar-refractivity contribution is -0.0916. The summed E-state index contributed by atoms with van der Waals surface area (Å²) in [6.45, 7) is 6.45. The summed E-state index contributed by atoms with van der Waals surface area (Å²) < 4.78 is 11.4. The van der Waals surface area contributed by atoms with Crippen LogP contribution in [0.25, 0.3) is 0 Å². The molecule has 1 spiro atoms. The van der Waals surface area contributed by atoms with Gasteiger partial charge < -0.3 is 15.2 Å². The van der Waals surface area contributed by atoms with Crippen LogP contribution in [0.3, 0.4) is 0 Å². The average Bonchev–Trinajstić information content (AvgIpc) is 2.40. The minimum absolute atomic E-state index is 0.420. The Labute approximate surface area is 116 Å². The molecular weight excluding hydrogens is 240 g/mol. The first-order valence-corrected chi connectivity index (χ1v) is 7.93. The smallest absolute Gasteiger partial charge is 0.0597 e. The van der Waals surface area contributed by atoms with E-state index in [1.54, 1.807) is 0 Å². The Balaban J connectivity index is 1.28. The van der Waals surface area contributed by atoms with Gasteiger partial charge in [-0.3, -0.25) is 4.90 Å². The molecule has 2 saturated heterocycles. The topological polar surface area (TPSA) is 47.7 Å². The third kappa shape index (κ3) is 3.48. The van der Waals surface area contributed by atoms with Crippen LogP contribution in [-0.4, -0.2) is 56.5 Å². The van der Waals surface area contributed by atoms with Gasteiger partial charge in [0.05, 0.1) is 12.7 Å². The van der Waals surface area contributed by atoms with Crippen molar-refractivity contribution in [2.75, 3.05) is 39.5 Å². The second-order valence-electron chi connectivity index (χ2n) is 6.73. The molecule has 0 radical (unpaired) electrons. The molecule has 0 aromatic carbocycles. The van der Waals surface area contributed by atoms with E-state index in [9.17, 15) is 0 Å². The van der Waals surface area contributed by atoms with Crippen molar-refractivity contribution in [3.63, 3.8) is 0 Å². The fourth-order valence-electron chi connectivity index (χ4n) is 3.78. The van der Waals surface area contributed by atoms with Gasteiger partial charge in [-0.05, 0) is 38.5 Å². The van der Waals surface area contributed by atoms with Crippen molar-refractivity contribution < 1.29 is 9.47 Å². The standard InChI is InChI=1S/C15H28N2O2/c16-13-1-3-14(4-2-13)19-10-7-17-11-15(12-17)5-8-18-9-6-15/h13-14H,1-12,16H2. The maximum absolute atomic E-state index is 5.99. The molecule has 1 aliphatic carbocycles. The summed E-state index contributed by atoms with van der Waals surface area (Å²) in [4.78, 5) is 2.54. The highest BCUT2D eigenvalue weighted by Gasteiger charge is 2.43. The summed E-state index contributed by atoms with van der Waals surface area (Å²) in [5, 5.41) is 0. The summed E-state index contributed by atoms with van der Waals surface area (Å²) >= 11 is 0. The Kier molecular flexibility index (Phi) is 4.42. The fraction of sp³-hybridized carbons (Fsp3) is 1.00. The van der Waals surface area contributed by atoms with Crippen LogP contribution in [0.1, 0.15) is 38.5 Å².